The van der Waals surface area contributed by atoms with E-state index in [2.05, 4.69) is 129 Å². The molecule has 0 saturated heterocycles. The zero-order valence-corrected chi connectivity index (χ0v) is 28.2. The first-order chi connectivity index (χ1) is 22.9. The molecule has 236 valence electrons. The summed E-state index contributed by atoms with van der Waals surface area (Å²) < 4.78 is 0. The minimum atomic E-state index is -0.208. The van der Waals surface area contributed by atoms with Crippen LogP contribution in [-0.2, 0) is 0 Å². The number of nitrogens with zero attached hydrogens (tertiary/aromatic N) is 2. The third kappa shape index (κ3) is 7.74. The second-order valence-electron chi connectivity index (χ2n) is 11.9. The number of amidine groups is 1. The van der Waals surface area contributed by atoms with Crippen LogP contribution in [0.3, 0.4) is 0 Å². The van der Waals surface area contributed by atoms with Crippen LogP contribution in [0.1, 0.15) is 63.8 Å². The van der Waals surface area contributed by atoms with Crippen LogP contribution >= 0.6 is 0 Å². The number of benzene rings is 4. The van der Waals surface area contributed by atoms with E-state index in [1.54, 1.807) is 0 Å². The largest absolute Gasteiger partial charge is 0.383 e. The summed E-state index contributed by atoms with van der Waals surface area (Å²) >= 11 is 0. The summed E-state index contributed by atoms with van der Waals surface area (Å²) in [6.07, 6.45) is 11.9. The Hall–Kier alpha value is -5.33. The molecule has 3 unspecified atom stereocenters. The number of hydrogen-bond acceptors (Lipinski definition) is 2. The summed E-state index contributed by atoms with van der Waals surface area (Å²) in [6, 6.07) is 38.0. The van der Waals surface area contributed by atoms with Gasteiger partial charge in [0.1, 0.15) is 5.84 Å². The van der Waals surface area contributed by atoms with E-state index in [0.29, 0.717) is 11.8 Å². The molecule has 0 aliphatic carbocycles. The summed E-state index contributed by atoms with van der Waals surface area (Å²) in [6.45, 7) is 10.7. The molecular weight excluding hydrogens is 571 g/mol. The normalized spacial score (nSPS) is 17.8. The van der Waals surface area contributed by atoms with Gasteiger partial charge in [-0.05, 0) is 97.9 Å². The minimum absolute atomic E-state index is 0.208. The fourth-order valence-corrected chi connectivity index (χ4v) is 6.44. The lowest BCUT2D eigenvalue weighted by Gasteiger charge is -2.30. The first-order valence-electron chi connectivity index (χ1n) is 16.5. The van der Waals surface area contributed by atoms with Crippen LogP contribution < -0.4 is 10.6 Å². The summed E-state index contributed by atoms with van der Waals surface area (Å²) in [4.78, 5) is 7.44. The summed E-state index contributed by atoms with van der Waals surface area (Å²) in [7, 11) is 0. The molecule has 0 aromatic heterocycles. The molecule has 3 heteroatoms. The van der Waals surface area contributed by atoms with Crippen molar-refractivity contribution < 1.29 is 0 Å². The topological polar surface area (TPSA) is 41.6 Å². The number of anilines is 1. The lowest BCUT2D eigenvalue weighted by atomic mass is 9.92. The predicted molar refractivity (Wildman–Crippen MR) is 202 cm³/mol. The Bertz CT molecular complexity index is 1860. The van der Waals surface area contributed by atoms with E-state index >= 15 is 0 Å². The van der Waals surface area contributed by atoms with Gasteiger partial charge in [0.05, 0.1) is 12.1 Å². The second kappa shape index (κ2) is 15.8. The van der Waals surface area contributed by atoms with Gasteiger partial charge >= 0.3 is 0 Å². The number of nitrogens with two attached hydrogens (primary N) is 1. The van der Waals surface area contributed by atoms with Crippen LogP contribution in [0.25, 0.3) is 16.7 Å². The van der Waals surface area contributed by atoms with Crippen molar-refractivity contribution in [3.8, 4) is 23.0 Å². The summed E-state index contributed by atoms with van der Waals surface area (Å²) in [5, 5.41) is 0. The van der Waals surface area contributed by atoms with E-state index in [0.717, 1.165) is 28.7 Å². The quantitative estimate of drug-likeness (QED) is 0.110. The molecular formula is C44H45N3. The smallest absolute Gasteiger partial charge is 0.126 e. The third-order valence-corrected chi connectivity index (χ3v) is 8.91. The number of aliphatic imine (C=N–C) groups is 1. The third-order valence-electron chi connectivity index (χ3n) is 8.91. The molecule has 3 nitrogen and oxygen atoms in total. The van der Waals surface area contributed by atoms with E-state index in [-0.39, 0.29) is 12.1 Å². The first-order valence-corrected chi connectivity index (χ1v) is 16.5. The van der Waals surface area contributed by atoms with Crippen LogP contribution in [0.5, 0.6) is 0 Å². The van der Waals surface area contributed by atoms with Gasteiger partial charge < -0.3 is 10.6 Å². The predicted octanol–water partition coefficient (Wildman–Crippen LogP) is 10.5. The molecule has 1 aliphatic heterocycles. The highest BCUT2D eigenvalue weighted by atomic mass is 15.2. The molecule has 3 atom stereocenters. The van der Waals surface area contributed by atoms with Gasteiger partial charge in [-0.1, -0.05) is 122 Å². The zero-order valence-electron chi connectivity index (χ0n) is 28.2. The molecule has 1 heterocycles. The molecule has 2 N–H and O–H groups in total. The van der Waals surface area contributed by atoms with Gasteiger partial charge in [0.25, 0.3) is 0 Å². The number of hydrogen-bond donors (Lipinski definition) is 1. The van der Waals surface area contributed by atoms with E-state index in [9.17, 15) is 0 Å². The molecule has 4 aromatic rings. The highest BCUT2D eigenvalue weighted by Gasteiger charge is 2.35. The molecule has 0 spiro atoms. The van der Waals surface area contributed by atoms with Crippen LogP contribution in [0, 0.1) is 17.8 Å². The Morgan fingerprint density at radius 1 is 0.894 bits per heavy atom. The molecule has 47 heavy (non-hydrogen) atoms. The van der Waals surface area contributed by atoms with Crippen molar-refractivity contribution >= 4 is 17.1 Å². The van der Waals surface area contributed by atoms with Gasteiger partial charge in [-0.25, -0.2) is 0 Å². The molecule has 1 aliphatic rings. The Balaban J connectivity index is 1.46. The van der Waals surface area contributed by atoms with Crippen molar-refractivity contribution in [2.24, 2.45) is 16.6 Å². The average Bonchev–Trinajstić information content (AvgIpc) is 3.38. The maximum Gasteiger partial charge on any atom is 0.126 e. The maximum atomic E-state index is 6.49. The fourth-order valence-electron chi connectivity index (χ4n) is 6.44. The van der Waals surface area contributed by atoms with E-state index in [4.69, 9.17) is 10.7 Å². The van der Waals surface area contributed by atoms with E-state index in [1.165, 1.54) is 28.1 Å². The van der Waals surface area contributed by atoms with Gasteiger partial charge in [0.15, 0.2) is 0 Å². The van der Waals surface area contributed by atoms with Crippen LogP contribution in [0.4, 0.5) is 5.69 Å². The van der Waals surface area contributed by atoms with E-state index in [1.807, 2.05) is 61.5 Å². The molecule has 5 rings (SSSR count). The Morgan fingerprint density at radius 3 is 2.23 bits per heavy atom. The maximum absolute atomic E-state index is 6.49. The van der Waals surface area contributed by atoms with Gasteiger partial charge in [-0.2, -0.15) is 0 Å². The molecule has 0 amide bonds. The molecule has 0 saturated carbocycles. The Kier molecular flexibility index (Phi) is 11.1. The van der Waals surface area contributed by atoms with Crippen LogP contribution in [0.2, 0.25) is 0 Å². The van der Waals surface area contributed by atoms with E-state index < -0.39 is 0 Å². The van der Waals surface area contributed by atoms with Gasteiger partial charge in [0, 0.05) is 22.9 Å². The van der Waals surface area contributed by atoms with Gasteiger partial charge in [-0.15, -0.1) is 5.92 Å². The highest BCUT2D eigenvalue weighted by molar-refractivity contribution is 5.97. The second-order valence-corrected chi connectivity index (χ2v) is 11.9. The fraction of sp³-hybridized carbons (Fsp3) is 0.205. The van der Waals surface area contributed by atoms with Gasteiger partial charge in [0.2, 0.25) is 0 Å². The SMILES string of the molecule is CC#C/C=C\C1C(CC)C(C)=C(/C=C\C)N1c1ccc(-c2cccc(/C(C)=C/C(N=C(N)c3ccccc3)c3ccccc3)c2)cc1. The van der Waals surface area contributed by atoms with Crippen LogP contribution in [-0.4, -0.2) is 11.9 Å². The number of allylic oxidation sites excluding steroid dienone is 4. The van der Waals surface area contributed by atoms with Crippen molar-refractivity contribution in [3.63, 3.8) is 0 Å². The lowest BCUT2D eigenvalue weighted by molar-refractivity contribution is 0.554. The molecule has 0 bridgehead atoms. The van der Waals surface area contributed by atoms with Crippen molar-refractivity contribution in [2.45, 2.75) is 53.1 Å². The Morgan fingerprint density at radius 2 is 1.57 bits per heavy atom. The first kappa shape index (κ1) is 33.0. The lowest BCUT2D eigenvalue weighted by Crippen LogP contribution is -2.32. The van der Waals surface area contributed by atoms with Crippen molar-refractivity contribution in [1.82, 2.24) is 0 Å². The Labute approximate surface area is 281 Å². The minimum Gasteiger partial charge on any atom is -0.383 e. The van der Waals surface area contributed by atoms with Crippen molar-refractivity contribution in [2.75, 3.05) is 4.90 Å². The highest BCUT2D eigenvalue weighted by Crippen LogP contribution is 2.41. The summed E-state index contributed by atoms with van der Waals surface area (Å²) in [5.41, 5.74) is 17.0. The average molecular weight is 616 g/mol. The van der Waals surface area contributed by atoms with Crippen molar-refractivity contribution in [1.29, 1.82) is 0 Å². The summed E-state index contributed by atoms with van der Waals surface area (Å²) in [5.74, 6) is 7.09. The standard InChI is InChI=1S/C44H45N3/c1-6-9-12-25-43-40(8-3)33(5)42(18-7-2)47(43)39-28-26-34(27-29-39)38-24-17-23-37(31-38)32(4)30-41(35-19-13-10-14-20-35)46-44(45)36-21-15-11-16-22-36/h7,10-31,40-41,43H,8H2,1-5H3,(H2,45,46)/b18-7-,25-12-,32-30+. The zero-order chi connectivity index (χ0) is 33.2. The molecule has 0 fully saturated rings. The van der Waals surface area contributed by atoms with Crippen molar-refractivity contribution in [3.05, 3.63) is 168 Å². The van der Waals surface area contributed by atoms with Gasteiger partial charge in [-0.3, -0.25) is 4.99 Å². The molecule has 4 aromatic carbocycles. The van der Waals surface area contributed by atoms with Crippen LogP contribution in [0.15, 0.2) is 156 Å². The number of rotatable bonds is 10. The molecule has 0 radical (unpaired) electrons. The monoisotopic (exact) mass is 615 g/mol.